The molecule has 1 N–H and O–H groups in total. The van der Waals surface area contributed by atoms with Gasteiger partial charge in [0, 0.05) is 12.7 Å². The molecule has 0 radical (unpaired) electrons. The minimum Gasteiger partial charge on any atom is -0.476 e. The maximum Gasteiger partial charge on any atom is 0.383 e. The minimum absolute atomic E-state index is 0.119. The Hall–Kier alpha value is -1.46. The molecule has 0 aromatic carbocycles. The lowest BCUT2D eigenvalue weighted by atomic mass is 10.2. The monoisotopic (exact) mass is 218 g/mol. The Morgan fingerprint density at radius 3 is 2.73 bits per heavy atom. The van der Waals surface area contributed by atoms with Gasteiger partial charge in [0.15, 0.2) is 0 Å². The molecule has 6 heteroatoms. The summed E-state index contributed by atoms with van der Waals surface area (Å²) in [4.78, 5) is 10.4. The highest BCUT2D eigenvalue weighted by atomic mass is 19.3. The van der Waals surface area contributed by atoms with Crippen molar-refractivity contribution < 1.29 is 18.7 Å². The predicted octanol–water partition coefficient (Wildman–Crippen LogP) is 1.72. The molecule has 1 aromatic rings. The molecule has 0 aliphatic heterocycles. The fourth-order valence-electron chi connectivity index (χ4n) is 1.20. The number of carboxylic acid groups (broad SMARTS) is 1. The summed E-state index contributed by atoms with van der Waals surface area (Å²) < 4.78 is 27.4. The van der Waals surface area contributed by atoms with Crippen molar-refractivity contribution in [1.29, 1.82) is 0 Å². The number of hydrogen-bond acceptors (Lipinski definition) is 2. The lowest BCUT2D eigenvalue weighted by Crippen LogP contribution is -2.29. The standard InChI is InChI=1S/C9H12F2N2O2/c1-6(2)5-13-7(3-4-12-13)9(10,11)8(14)15/h3-4,6H,5H2,1-2H3,(H,14,15). The van der Waals surface area contributed by atoms with E-state index in [1.807, 2.05) is 13.8 Å². The molecule has 0 aliphatic rings. The first-order chi connectivity index (χ1) is 6.85. The van der Waals surface area contributed by atoms with Crippen molar-refractivity contribution >= 4 is 5.97 Å². The van der Waals surface area contributed by atoms with E-state index in [2.05, 4.69) is 5.10 Å². The quantitative estimate of drug-likeness (QED) is 0.837. The number of alkyl halides is 2. The Labute approximate surface area is 85.5 Å². The molecule has 0 amide bonds. The summed E-state index contributed by atoms with van der Waals surface area (Å²) >= 11 is 0. The van der Waals surface area contributed by atoms with Crippen molar-refractivity contribution in [2.24, 2.45) is 5.92 Å². The van der Waals surface area contributed by atoms with Crippen LogP contribution in [0.5, 0.6) is 0 Å². The smallest absolute Gasteiger partial charge is 0.383 e. The van der Waals surface area contributed by atoms with Crippen LogP contribution in [0.25, 0.3) is 0 Å². The normalized spacial score (nSPS) is 12.1. The summed E-state index contributed by atoms with van der Waals surface area (Å²) in [6.45, 7) is 3.94. The van der Waals surface area contributed by atoms with Gasteiger partial charge in [-0.3, -0.25) is 4.68 Å². The number of aromatic nitrogens is 2. The first-order valence-corrected chi connectivity index (χ1v) is 4.49. The number of aliphatic carboxylic acids is 1. The van der Waals surface area contributed by atoms with Crippen LogP contribution in [0.2, 0.25) is 0 Å². The number of carboxylic acids is 1. The van der Waals surface area contributed by atoms with E-state index in [-0.39, 0.29) is 12.5 Å². The van der Waals surface area contributed by atoms with Gasteiger partial charge in [0.05, 0.1) is 0 Å². The Morgan fingerprint density at radius 1 is 1.67 bits per heavy atom. The van der Waals surface area contributed by atoms with Crippen LogP contribution in [0.4, 0.5) is 8.78 Å². The highest BCUT2D eigenvalue weighted by Crippen LogP contribution is 2.28. The molecule has 0 saturated carbocycles. The molecular formula is C9H12F2N2O2. The van der Waals surface area contributed by atoms with Crippen LogP contribution in [0, 0.1) is 5.92 Å². The molecule has 0 aliphatic carbocycles. The van der Waals surface area contributed by atoms with Crippen LogP contribution >= 0.6 is 0 Å². The maximum atomic E-state index is 13.2. The first-order valence-electron chi connectivity index (χ1n) is 4.49. The van der Waals surface area contributed by atoms with Crippen molar-refractivity contribution in [3.63, 3.8) is 0 Å². The third kappa shape index (κ3) is 2.31. The average molecular weight is 218 g/mol. The zero-order chi connectivity index (χ0) is 11.6. The summed E-state index contributed by atoms with van der Waals surface area (Å²) in [5, 5.41) is 12.1. The highest BCUT2D eigenvalue weighted by molar-refractivity contribution is 5.76. The Balaban J connectivity index is 3.04. The van der Waals surface area contributed by atoms with Crippen LogP contribution in [0.3, 0.4) is 0 Å². The Morgan fingerprint density at radius 2 is 2.27 bits per heavy atom. The Bertz CT molecular complexity index is 361. The molecule has 1 heterocycles. The molecular weight excluding hydrogens is 206 g/mol. The zero-order valence-electron chi connectivity index (χ0n) is 8.44. The lowest BCUT2D eigenvalue weighted by molar-refractivity contribution is -0.167. The minimum atomic E-state index is -3.88. The fourth-order valence-corrected chi connectivity index (χ4v) is 1.20. The second-order valence-electron chi connectivity index (χ2n) is 3.67. The van der Waals surface area contributed by atoms with E-state index in [0.717, 1.165) is 10.7 Å². The van der Waals surface area contributed by atoms with Crippen LogP contribution in [0.1, 0.15) is 19.5 Å². The van der Waals surface area contributed by atoms with Crippen molar-refractivity contribution in [3.05, 3.63) is 18.0 Å². The van der Waals surface area contributed by atoms with Crippen LogP contribution < -0.4 is 0 Å². The van der Waals surface area contributed by atoms with Gasteiger partial charge in [0.1, 0.15) is 5.69 Å². The van der Waals surface area contributed by atoms with Gasteiger partial charge in [-0.15, -0.1) is 0 Å². The molecule has 4 nitrogen and oxygen atoms in total. The topological polar surface area (TPSA) is 55.1 Å². The molecule has 0 unspecified atom stereocenters. The summed E-state index contributed by atoms with van der Waals surface area (Å²) in [6, 6.07) is 1.02. The average Bonchev–Trinajstić information content (AvgIpc) is 2.51. The second-order valence-corrected chi connectivity index (χ2v) is 3.67. The van der Waals surface area contributed by atoms with Crippen molar-refractivity contribution in [2.75, 3.05) is 0 Å². The number of carbonyl (C=O) groups is 1. The molecule has 15 heavy (non-hydrogen) atoms. The van der Waals surface area contributed by atoms with Gasteiger partial charge >= 0.3 is 11.9 Å². The third-order valence-corrected chi connectivity index (χ3v) is 1.84. The van der Waals surface area contributed by atoms with Gasteiger partial charge < -0.3 is 5.11 Å². The summed E-state index contributed by atoms with van der Waals surface area (Å²) in [6.07, 6.45) is 1.18. The molecule has 0 fully saturated rings. The number of nitrogens with zero attached hydrogens (tertiary/aromatic N) is 2. The van der Waals surface area contributed by atoms with E-state index in [0.29, 0.717) is 0 Å². The van der Waals surface area contributed by atoms with Crippen LogP contribution in [-0.2, 0) is 17.3 Å². The van der Waals surface area contributed by atoms with Gasteiger partial charge in [-0.05, 0) is 12.0 Å². The third-order valence-electron chi connectivity index (χ3n) is 1.84. The number of hydrogen-bond donors (Lipinski definition) is 1. The fraction of sp³-hybridized carbons (Fsp3) is 0.556. The predicted molar refractivity (Wildman–Crippen MR) is 48.6 cm³/mol. The van der Waals surface area contributed by atoms with Gasteiger partial charge in [-0.2, -0.15) is 13.9 Å². The molecule has 0 atom stereocenters. The van der Waals surface area contributed by atoms with E-state index in [9.17, 15) is 13.6 Å². The van der Waals surface area contributed by atoms with E-state index in [1.54, 1.807) is 0 Å². The van der Waals surface area contributed by atoms with Gasteiger partial charge in [0.2, 0.25) is 0 Å². The highest BCUT2D eigenvalue weighted by Gasteiger charge is 2.44. The SMILES string of the molecule is CC(C)Cn1nccc1C(F)(F)C(=O)O. The van der Waals surface area contributed by atoms with E-state index < -0.39 is 17.6 Å². The molecule has 0 bridgehead atoms. The van der Waals surface area contributed by atoms with E-state index >= 15 is 0 Å². The van der Waals surface area contributed by atoms with E-state index in [4.69, 9.17) is 5.11 Å². The molecule has 1 aromatic heterocycles. The van der Waals surface area contributed by atoms with Crippen molar-refractivity contribution in [1.82, 2.24) is 9.78 Å². The van der Waals surface area contributed by atoms with Gasteiger partial charge in [0.25, 0.3) is 0 Å². The van der Waals surface area contributed by atoms with Crippen molar-refractivity contribution in [3.8, 4) is 0 Å². The summed E-state index contributed by atoms with van der Waals surface area (Å²) in [5.74, 6) is -5.92. The number of rotatable bonds is 4. The maximum absolute atomic E-state index is 13.2. The lowest BCUT2D eigenvalue weighted by Gasteiger charge is -2.14. The Kier molecular flexibility index (Phi) is 3.06. The largest absolute Gasteiger partial charge is 0.476 e. The van der Waals surface area contributed by atoms with Crippen molar-refractivity contribution in [2.45, 2.75) is 26.3 Å². The molecule has 0 saturated heterocycles. The van der Waals surface area contributed by atoms with Crippen LogP contribution in [-0.4, -0.2) is 20.9 Å². The number of halogens is 2. The molecule has 0 spiro atoms. The summed E-state index contributed by atoms with van der Waals surface area (Å²) in [7, 11) is 0. The van der Waals surface area contributed by atoms with E-state index in [1.165, 1.54) is 6.20 Å². The van der Waals surface area contributed by atoms with Crippen LogP contribution in [0.15, 0.2) is 12.3 Å². The second kappa shape index (κ2) is 3.96. The molecule has 1 rings (SSSR count). The van der Waals surface area contributed by atoms with Gasteiger partial charge in [-0.25, -0.2) is 4.79 Å². The zero-order valence-corrected chi connectivity index (χ0v) is 8.44. The molecule has 84 valence electrons. The van der Waals surface area contributed by atoms with Gasteiger partial charge in [-0.1, -0.05) is 13.8 Å². The summed E-state index contributed by atoms with van der Waals surface area (Å²) in [5.41, 5.74) is -0.580. The first kappa shape index (κ1) is 11.6.